The number of unbranched alkanes of at least 4 members (excludes halogenated alkanes) is 2. The molecule has 0 bridgehead atoms. The molecule has 2 N–H and O–H groups in total. The van der Waals surface area contributed by atoms with Crippen molar-refractivity contribution in [3.63, 3.8) is 0 Å². The van der Waals surface area contributed by atoms with Gasteiger partial charge in [-0.25, -0.2) is 0 Å². The van der Waals surface area contributed by atoms with E-state index < -0.39 is 0 Å². The summed E-state index contributed by atoms with van der Waals surface area (Å²) in [5, 5.41) is 7.16. The number of allylic oxidation sites excluding steroid dienone is 2. The highest BCUT2D eigenvalue weighted by atomic mass is 32.1. The fourth-order valence-corrected chi connectivity index (χ4v) is 4.78. The maximum Gasteiger partial charge on any atom is 0.0562 e. The van der Waals surface area contributed by atoms with Crippen LogP contribution in [0.1, 0.15) is 61.6 Å². The van der Waals surface area contributed by atoms with Crippen LogP contribution >= 0.6 is 11.3 Å². The van der Waals surface area contributed by atoms with Crippen LogP contribution in [0.25, 0.3) is 16.1 Å². The average Bonchev–Trinajstić information content (AvgIpc) is 3.22. The predicted molar refractivity (Wildman–Crippen MR) is 150 cm³/mol. The minimum atomic E-state index is 0.922. The summed E-state index contributed by atoms with van der Waals surface area (Å²) in [7, 11) is 0. The summed E-state index contributed by atoms with van der Waals surface area (Å²) in [6, 6.07) is 19.6. The van der Waals surface area contributed by atoms with E-state index in [0.717, 1.165) is 24.5 Å². The molecule has 2 aromatic carbocycles. The molecule has 0 unspecified atom stereocenters. The molecule has 3 aromatic rings. The molecule has 0 aliphatic heterocycles. The Hall–Kier alpha value is -2.62. The second kappa shape index (κ2) is 14.5. The number of hydrogen-bond acceptors (Lipinski definition) is 3. The standard InChI is InChI=1S/C28H34N2S.C2H6/c1-5-7-8-16-29-20-23-13-10-14-24(19-23)27-18-22(4)28(31-27)26(11-6-2)30-25-15-9-12-21(3)17-25;1-2/h6,9-15,17-19,29-30H,2,5,7-8,16,20H2,1,3-4H3;1-2H3/b26-11+;. The normalized spacial score (nSPS) is 11.0. The van der Waals surface area contributed by atoms with Gasteiger partial charge in [0.25, 0.3) is 0 Å². The van der Waals surface area contributed by atoms with Crippen molar-refractivity contribution in [3.8, 4) is 10.4 Å². The quantitative estimate of drug-likeness (QED) is 0.220. The monoisotopic (exact) mass is 460 g/mol. The fourth-order valence-electron chi connectivity index (χ4n) is 3.63. The van der Waals surface area contributed by atoms with E-state index in [0.29, 0.717) is 0 Å². The Morgan fingerprint density at radius 1 is 1.00 bits per heavy atom. The molecule has 2 nitrogen and oxygen atoms in total. The van der Waals surface area contributed by atoms with Crippen molar-refractivity contribution in [2.75, 3.05) is 11.9 Å². The van der Waals surface area contributed by atoms with E-state index in [9.17, 15) is 0 Å². The zero-order chi connectivity index (χ0) is 24.1. The van der Waals surface area contributed by atoms with E-state index in [-0.39, 0.29) is 0 Å². The van der Waals surface area contributed by atoms with Gasteiger partial charge in [-0.2, -0.15) is 0 Å². The number of nitrogens with one attached hydrogen (secondary N) is 2. The van der Waals surface area contributed by atoms with E-state index in [4.69, 9.17) is 0 Å². The molecule has 0 saturated carbocycles. The lowest BCUT2D eigenvalue weighted by Gasteiger charge is -2.11. The molecule has 176 valence electrons. The second-order valence-electron chi connectivity index (χ2n) is 8.02. The van der Waals surface area contributed by atoms with Crippen LogP contribution < -0.4 is 10.6 Å². The molecule has 1 heterocycles. The predicted octanol–water partition coefficient (Wildman–Crippen LogP) is 8.98. The first-order chi connectivity index (χ1) is 16.1. The van der Waals surface area contributed by atoms with Crippen molar-refractivity contribution < 1.29 is 0 Å². The van der Waals surface area contributed by atoms with Gasteiger partial charge in [-0.15, -0.1) is 11.3 Å². The molecule has 0 spiro atoms. The topological polar surface area (TPSA) is 24.1 Å². The minimum Gasteiger partial charge on any atom is -0.354 e. The van der Waals surface area contributed by atoms with Gasteiger partial charge in [0.1, 0.15) is 0 Å². The number of rotatable bonds is 11. The molecular weight excluding hydrogens is 420 g/mol. The van der Waals surface area contributed by atoms with E-state index >= 15 is 0 Å². The smallest absolute Gasteiger partial charge is 0.0562 e. The van der Waals surface area contributed by atoms with E-state index in [1.165, 1.54) is 51.3 Å². The summed E-state index contributed by atoms with van der Waals surface area (Å²) >= 11 is 1.83. The summed E-state index contributed by atoms with van der Waals surface area (Å²) < 4.78 is 0. The molecule has 0 aliphatic carbocycles. The molecule has 0 radical (unpaired) electrons. The van der Waals surface area contributed by atoms with Gasteiger partial charge < -0.3 is 10.6 Å². The van der Waals surface area contributed by atoms with Crippen LogP contribution in [0.2, 0.25) is 0 Å². The van der Waals surface area contributed by atoms with Gasteiger partial charge in [0.15, 0.2) is 0 Å². The van der Waals surface area contributed by atoms with Crippen molar-refractivity contribution >= 4 is 22.7 Å². The molecule has 0 saturated heterocycles. The zero-order valence-electron chi connectivity index (χ0n) is 21.0. The Morgan fingerprint density at radius 3 is 2.52 bits per heavy atom. The van der Waals surface area contributed by atoms with Gasteiger partial charge >= 0.3 is 0 Å². The van der Waals surface area contributed by atoms with Crippen LogP contribution in [-0.2, 0) is 6.54 Å². The molecule has 0 amide bonds. The number of thiophene rings is 1. The van der Waals surface area contributed by atoms with Gasteiger partial charge in [0.2, 0.25) is 0 Å². The Balaban J connectivity index is 0.00000187. The Bertz CT molecular complexity index is 1030. The molecule has 0 atom stereocenters. The lowest BCUT2D eigenvalue weighted by molar-refractivity contribution is 0.617. The van der Waals surface area contributed by atoms with E-state index in [1.54, 1.807) is 0 Å². The molecule has 3 heteroatoms. The van der Waals surface area contributed by atoms with Crippen molar-refractivity contribution in [1.82, 2.24) is 5.32 Å². The minimum absolute atomic E-state index is 0.922. The van der Waals surface area contributed by atoms with Gasteiger partial charge in [0.05, 0.1) is 10.6 Å². The van der Waals surface area contributed by atoms with Gasteiger partial charge in [-0.05, 0) is 79.4 Å². The third-order valence-electron chi connectivity index (χ3n) is 5.24. The zero-order valence-corrected chi connectivity index (χ0v) is 21.8. The number of hydrogen-bond donors (Lipinski definition) is 2. The number of anilines is 1. The first-order valence-electron chi connectivity index (χ1n) is 12.2. The Morgan fingerprint density at radius 2 is 1.79 bits per heavy atom. The summed E-state index contributed by atoms with van der Waals surface area (Å²) in [6.07, 6.45) is 7.71. The molecule has 33 heavy (non-hydrogen) atoms. The van der Waals surface area contributed by atoms with Crippen LogP contribution in [0.5, 0.6) is 0 Å². The summed E-state index contributed by atoms with van der Waals surface area (Å²) in [5.74, 6) is 0. The van der Waals surface area contributed by atoms with E-state index in [1.807, 2.05) is 31.3 Å². The van der Waals surface area contributed by atoms with Crippen molar-refractivity contribution in [3.05, 3.63) is 94.9 Å². The van der Waals surface area contributed by atoms with Crippen molar-refractivity contribution in [1.29, 1.82) is 0 Å². The lowest BCUT2D eigenvalue weighted by Crippen LogP contribution is -2.14. The van der Waals surface area contributed by atoms with Gasteiger partial charge in [0, 0.05) is 17.1 Å². The Kier molecular flexibility index (Phi) is 11.7. The van der Waals surface area contributed by atoms with E-state index in [2.05, 4.69) is 98.7 Å². The summed E-state index contributed by atoms with van der Waals surface area (Å²) in [5.41, 5.74) is 7.31. The van der Waals surface area contributed by atoms with Gasteiger partial charge in [-0.1, -0.05) is 76.6 Å². The van der Waals surface area contributed by atoms with Crippen molar-refractivity contribution in [2.24, 2.45) is 0 Å². The van der Waals surface area contributed by atoms with Crippen LogP contribution in [0.3, 0.4) is 0 Å². The van der Waals surface area contributed by atoms with Crippen LogP contribution in [-0.4, -0.2) is 6.54 Å². The second-order valence-corrected chi connectivity index (χ2v) is 9.07. The maximum atomic E-state index is 3.92. The Labute approximate surface area is 205 Å². The molecule has 0 fully saturated rings. The first-order valence-corrected chi connectivity index (χ1v) is 13.0. The molecule has 0 aliphatic rings. The van der Waals surface area contributed by atoms with Crippen molar-refractivity contribution in [2.45, 2.75) is 60.4 Å². The van der Waals surface area contributed by atoms with Gasteiger partial charge in [-0.3, -0.25) is 0 Å². The highest BCUT2D eigenvalue weighted by Gasteiger charge is 2.12. The van der Waals surface area contributed by atoms with Crippen LogP contribution in [0, 0.1) is 13.8 Å². The summed E-state index contributed by atoms with van der Waals surface area (Å²) in [6.45, 7) is 16.5. The maximum absolute atomic E-state index is 3.92. The molecule has 3 rings (SSSR count). The number of aryl methyl sites for hydroxylation is 2. The fraction of sp³-hybridized carbons (Fsp3) is 0.333. The molecular formula is C30H40N2S. The van der Waals surface area contributed by atoms with Crippen LogP contribution in [0.15, 0.2) is 73.3 Å². The largest absolute Gasteiger partial charge is 0.354 e. The lowest BCUT2D eigenvalue weighted by atomic mass is 10.1. The SMILES string of the molecule is C=C/C=C(/Nc1cccc(C)c1)c1sc(-c2cccc(CNCCCCC)c2)cc1C.CC. The molecule has 1 aromatic heterocycles. The number of benzene rings is 2. The first kappa shape index (κ1) is 26.6. The summed E-state index contributed by atoms with van der Waals surface area (Å²) in [4.78, 5) is 2.54. The van der Waals surface area contributed by atoms with Crippen LogP contribution in [0.4, 0.5) is 5.69 Å². The third kappa shape index (κ3) is 8.34. The third-order valence-corrected chi connectivity index (χ3v) is 6.56. The highest BCUT2D eigenvalue weighted by Crippen LogP contribution is 2.36. The average molecular weight is 461 g/mol. The highest BCUT2D eigenvalue weighted by molar-refractivity contribution is 7.16.